The second-order valence-corrected chi connectivity index (χ2v) is 6.66. The molecule has 0 saturated heterocycles. The van der Waals surface area contributed by atoms with E-state index in [1.54, 1.807) is 0 Å². The summed E-state index contributed by atoms with van der Waals surface area (Å²) in [7, 11) is 0. The molecule has 14 heavy (non-hydrogen) atoms. The highest BCUT2D eigenvalue weighted by atomic mass is 32.2. The smallest absolute Gasteiger partial charge is 0.00498 e. The predicted molar refractivity (Wildman–Crippen MR) is 68.0 cm³/mol. The third-order valence-corrected chi connectivity index (χ3v) is 4.89. The normalized spacial score (nSPS) is 21.4. The Morgan fingerprint density at radius 2 is 1.79 bits per heavy atom. The summed E-state index contributed by atoms with van der Waals surface area (Å²) >= 11 is 2.29. The van der Waals surface area contributed by atoms with Gasteiger partial charge in [0.05, 0.1) is 0 Å². The number of hydrogen-bond acceptors (Lipinski definition) is 1. The maximum atomic E-state index is 2.35. The third kappa shape index (κ3) is 4.72. The Morgan fingerprint density at radius 1 is 1.14 bits per heavy atom. The van der Waals surface area contributed by atoms with Gasteiger partial charge in [0.1, 0.15) is 0 Å². The van der Waals surface area contributed by atoms with Gasteiger partial charge in [0, 0.05) is 10.5 Å². The first-order valence-electron chi connectivity index (χ1n) is 6.37. The Balaban J connectivity index is 2.23. The summed E-state index contributed by atoms with van der Waals surface area (Å²) < 4.78 is 0. The highest BCUT2D eigenvalue weighted by molar-refractivity contribution is 8.00. The first-order valence-corrected chi connectivity index (χ1v) is 7.32. The fraction of sp³-hybridized carbons (Fsp3) is 1.00. The average molecular weight is 214 g/mol. The lowest BCUT2D eigenvalue weighted by molar-refractivity contribution is 0.508. The monoisotopic (exact) mass is 214 g/mol. The summed E-state index contributed by atoms with van der Waals surface area (Å²) in [5.74, 6) is 0.871. The molecule has 1 aliphatic rings. The number of thioether (sulfide) groups is 1. The van der Waals surface area contributed by atoms with E-state index >= 15 is 0 Å². The van der Waals surface area contributed by atoms with Crippen molar-refractivity contribution in [1.29, 1.82) is 0 Å². The molecule has 0 radical (unpaired) electrons. The molecule has 0 aliphatic heterocycles. The number of hydrogen-bond donors (Lipinski definition) is 0. The second kappa shape index (κ2) is 6.76. The maximum Gasteiger partial charge on any atom is 0.00498 e. The van der Waals surface area contributed by atoms with E-state index in [0.717, 1.165) is 16.4 Å². The molecular weight excluding hydrogens is 188 g/mol. The third-order valence-electron chi connectivity index (χ3n) is 3.13. The largest absolute Gasteiger partial charge is 0.155 e. The molecule has 0 amide bonds. The Hall–Kier alpha value is 0.350. The van der Waals surface area contributed by atoms with Crippen molar-refractivity contribution in [2.24, 2.45) is 5.92 Å². The Morgan fingerprint density at radius 3 is 2.29 bits per heavy atom. The fourth-order valence-electron chi connectivity index (χ4n) is 2.32. The fourth-order valence-corrected chi connectivity index (χ4v) is 4.16. The maximum absolute atomic E-state index is 2.35. The van der Waals surface area contributed by atoms with Crippen LogP contribution in [0.3, 0.4) is 0 Å². The van der Waals surface area contributed by atoms with Crippen LogP contribution in [0.2, 0.25) is 0 Å². The van der Waals surface area contributed by atoms with Gasteiger partial charge in [-0.05, 0) is 31.6 Å². The van der Waals surface area contributed by atoms with E-state index in [9.17, 15) is 0 Å². The Bertz CT molecular complexity index is 136. The van der Waals surface area contributed by atoms with Crippen LogP contribution in [0.1, 0.15) is 65.7 Å². The highest BCUT2D eigenvalue weighted by Gasteiger charge is 2.18. The summed E-state index contributed by atoms with van der Waals surface area (Å²) in [6.07, 6.45) is 10.2. The van der Waals surface area contributed by atoms with Crippen molar-refractivity contribution in [2.45, 2.75) is 76.2 Å². The highest BCUT2D eigenvalue weighted by Crippen LogP contribution is 2.34. The van der Waals surface area contributed by atoms with Crippen molar-refractivity contribution < 1.29 is 0 Å². The van der Waals surface area contributed by atoms with Gasteiger partial charge in [0.2, 0.25) is 0 Å². The van der Waals surface area contributed by atoms with E-state index in [2.05, 4.69) is 32.5 Å². The summed E-state index contributed by atoms with van der Waals surface area (Å²) in [5.41, 5.74) is 0. The quantitative estimate of drug-likeness (QED) is 0.628. The molecule has 0 aromatic carbocycles. The Kier molecular flexibility index (Phi) is 6.00. The molecule has 1 atom stereocenters. The van der Waals surface area contributed by atoms with Crippen LogP contribution in [0, 0.1) is 5.92 Å². The lowest BCUT2D eigenvalue weighted by Crippen LogP contribution is -2.15. The van der Waals surface area contributed by atoms with Crippen molar-refractivity contribution >= 4 is 11.8 Å². The average Bonchev–Trinajstić information content (AvgIpc) is 2.17. The van der Waals surface area contributed by atoms with Crippen LogP contribution in [0.15, 0.2) is 0 Å². The minimum absolute atomic E-state index is 0.871. The van der Waals surface area contributed by atoms with Gasteiger partial charge in [0.25, 0.3) is 0 Å². The van der Waals surface area contributed by atoms with E-state index < -0.39 is 0 Å². The zero-order valence-corrected chi connectivity index (χ0v) is 10.9. The molecule has 1 rings (SSSR count). The van der Waals surface area contributed by atoms with Gasteiger partial charge in [-0.1, -0.05) is 40.0 Å². The lowest BCUT2D eigenvalue weighted by Gasteiger charge is -2.26. The molecule has 1 unspecified atom stereocenters. The van der Waals surface area contributed by atoms with E-state index in [1.807, 2.05) is 0 Å². The van der Waals surface area contributed by atoms with Crippen LogP contribution in [0.25, 0.3) is 0 Å². The molecule has 1 heteroatoms. The van der Waals surface area contributed by atoms with Crippen molar-refractivity contribution in [1.82, 2.24) is 0 Å². The molecule has 84 valence electrons. The van der Waals surface area contributed by atoms with Crippen molar-refractivity contribution in [3.8, 4) is 0 Å². The molecule has 0 spiro atoms. The topological polar surface area (TPSA) is 0 Å². The minimum atomic E-state index is 0.871. The van der Waals surface area contributed by atoms with Gasteiger partial charge in [-0.2, -0.15) is 11.8 Å². The van der Waals surface area contributed by atoms with Crippen molar-refractivity contribution in [2.75, 3.05) is 0 Å². The van der Waals surface area contributed by atoms with Crippen LogP contribution in [0.5, 0.6) is 0 Å². The minimum Gasteiger partial charge on any atom is -0.155 e. The van der Waals surface area contributed by atoms with Crippen LogP contribution in [0.4, 0.5) is 0 Å². The van der Waals surface area contributed by atoms with Crippen LogP contribution in [-0.4, -0.2) is 10.5 Å². The molecular formula is C13H26S. The summed E-state index contributed by atoms with van der Waals surface area (Å²) in [5, 5.41) is 1.92. The summed E-state index contributed by atoms with van der Waals surface area (Å²) in [4.78, 5) is 0. The van der Waals surface area contributed by atoms with Crippen molar-refractivity contribution in [3.05, 3.63) is 0 Å². The zero-order chi connectivity index (χ0) is 10.4. The molecule has 0 heterocycles. The Labute approximate surface area is 94.2 Å². The van der Waals surface area contributed by atoms with Crippen LogP contribution >= 0.6 is 11.8 Å². The van der Waals surface area contributed by atoms with E-state index in [1.165, 1.54) is 44.9 Å². The van der Waals surface area contributed by atoms with E-state index in [-0.39, 0.29) is 0 Å². The molecule has 0 aromatic rings. The summed E-state index contributed by atoms with van der Waals surface area (Å²) in [6.45, 7) is 7.05. The molecule has 0 aromatic heterocycles. The van der Waals surface area contributed by atoms with Crippen LogP contribution in [-0.2, 0) is 0 Å². The van der Waals surface area contributed by atoms with E-state index in [4.69, 9.17) is 0 Å². The molecule has 0 N–H and O–H groups in total. The first kappa shape index (κ1) is 12.4. The lowest BCUT2D eigenvalue weighted by atomic mass is 10.0. The molecule has 1 fully saturated rings. The van der Waals surface area contributed by atoms with Gasteiger partial charge in [-0.25, -0.2) is 0 Å². The predicted octanol–water partition coefficient (Wildman–Crippen LogP) is 4.88. The van der Waals surface area contributed by atoms with Gasteiger partial charge >= 0.3 is 0 Å². The van der Waals surface area contributed by atoms with Gasteiger partial charge in [-0.3, -0.25) is 0 Å². The molecule has 0 nitrogen and oxygen atoms in total. The first-order chi connectivity index (χ1) is 6.72. The standard InChI is InChI=1S/C13H26S/c1-4-12(10-11(2)3)14-13-8-6-5-7-9-13/h11-13H,4-10H2,1-3H3. The molecule has 0 bridgehead atoms. The molecule has 1 aliphatic carbocycles. The van der Waals surface area contributed by atoms with Gasteiger partial charge < -0.3 is 0 Å². The summed E-state index contributed by atoms with van der Waals surface area (Å²) in [6, 6.07) is 0. The van der Waals surface area contributed by atoms with Gasteiger partial charge in [0.15, 0.2) is 0 Å². The van der Waals surface area contributed by atoms with E-state index in [0.29, 0.717) is 0 Å². The SMILES string of the molecule is CCC(CC(C)C)SC1CCCCC1. The second-order valence-electron chi connectivity index (χ2n) is 5.06. The number of rotatable bonds is 5. The van der Waals surface area contributed by atoms with Gasteiger partial charge in [-0.15, -0.1) is 0 Å². The van der Waals surface area contributed by atoms with Crippen molar-refractivity contribution in [3.63, 3.8) is 0 Å². The zero-order valence-electron chi connectivity index (χ0n) is 10.1. The van der Waals surface area contributed by atoms with Crippen LogP contribution < -0.4 is 0 Å². The molecule has 1 saturated carbocycles.